The van der Waals surface area contributed by atoms with Crippen molar-refractivity contribution in [2.75, 3.05) is 18.4 Å². The summed E-state index contributed by atoms with van der Waals surface area (Å²) >= 11 is 0. The normalized spacial score (nSPS) is 13.7. The topological polar surface area (TPSA) is 83.1 Å². The number of carbonyl (C=O) groups is 2. The van der Waals surface area contributed by atoms with Crippen LogP contribution >= 0.6 is 0 Å². The molecule has 0 saturated heterocycles. The van der Waals surface area contributed by atoms with Crippen LogP contribution in [0.25, 0.3) is 0 Å². The van der Waals surface area contributed by atoms with Crippen LogP contribution in [0.2, 0.25) is 0 Å². The summed E-state index contributed by atoms with van der Waals surface area (Å²) in [6, 6.07) is 3.68. The van der Waals surface area contributed by atoms with Gasteiger partial charge < -0.3 is 16.0 Å². The first-order chi connectivity index (χ1) is 9.20. The van der Waals surface area contributed by atoms with E-state index < -0.39 is 0 Å². The highest BCUT2D eigenvalue weighted by molar-refractivity contribution is 6.00. The Bertz CT molecular complexity index is 471. The van der Waals surface area contributed by atoms with E-state index in [4.69, 9.17) is 0 Å². The van der Waals surface area contributed by atoms with Crippen LogP contribution in [0.15, 0.2) is 18.3 Å². The smallest absolute Gasteiger partial charge is 0.255 e. The molecule has 1 fully saturated rings. The third-order valence-corrected chi connectivity index (χ3v) is 2.75. The average molecular weight is 262 g/mol. The van der Waals surface area contributed by atoms with E-state index in [0.29, 0.717) is 24.0 Å². The van der Waals surface area contributed by atoms with Crippen molar-refractivity contribution in [1.82, 2.24) is 15.6 Å². The highest BCUT2D eigenvalue weighted by Crippen LogP contribution is 2.18. The van der Waals surface area contributed by atoms with Gasteiger partial charge in [-0.25, -0.2) is 4.98 Å². The van der Waals surface area contributed by atoms with Crippen molar-refractivity contribution in [1.29, 1.82) is 0 Å². The van der Waals surface area contributed by atoms with E-state index in [9.17, 15) is 9.59 Å². The molecule has 19 heavy (non-hydrogen) atoms. The van der Waals surface area contributed by atoms with Gasteiger partial charge in [-0.1, -0.05) is 0 Å². The molecule has 3 N–H and O–H groups in total. The summed E-state index contributed by atoms with van der Waals surface area (Å²) in [4.78, 5) is 27.6. The van der Waals surface area contributed by atoms with Gasteiger partial charge in [-0.3, -0.25) is 9.59 Å². The third-order valence-electron chi connectivity index (χ3n) is 2.75. The van der Waals surface area contributed by atoms with Gasteiger partial charge in [0, 0.05) is 18.8 Å². The number of aromatic nitrogens is 1. The summed E-state index contributed by atoms with van der Waals surface area (Å²) < 4.78 is 0. The molecule has 1 aromatic heterocycles. The SMILES string of the molecule is CCNc1ncccc1C(=O)NCC(=O)NC1CC1. The number of carbonyl (C=O) groups excluding carboxylic acids is 2. The van der Waals surface area contributed by atoms with E-state index in [0.717, 1.165) is 12.8 Å². The highest BCUT2D eigenvalue weighted by Gasteiger charge is 2.23. The predicted octanol–water partition coefficient (Wildman–Crippen LogP) is 0.522. The highest BCUT2D eigenvalue weighted by atomic mass is 16.2. The Kier molecular flexibility index (Phi) is 4.33. The third kappa shape index (κ3) is 3.94. The first kappa shape index (κ1) is 13.3. The molecule has 0 aliphatic heterocycles. The quantitative estimate of drug-likeness (QED) is 0.698. The van der Waals surface area contributed by atoms with Crippen molar-refractivity contribution >= 4 is 17.6 Å². The Hall–Kier alpha value is -2.11. The molecule has 102 valence electrons. The first-order valence-electron chi connectivity index (χ1n) is 6.47. The van der Waals surface area contributed by atoms with Gasteiger partial charge in [-0.15, -0.1) is 0 Å². The Morgan fingerprint density at radius 2 is 2.21 bits per heavy atom. The molecular formula is C13H18N4O2. The van der Waals surface area contributed by atoms with E-state index in [1.54, 1.807) is 18.3 Å². The largest absolute Gasteiger partial charge is 0.370 e. The van der Waals surface area contributed by atoms with Gasteiger partial charge in [0.25, 0.3) is 5.91 Å². The number of hydrogen-bond acceptors (Lipinski definition) is 4. The van der Waals surface area contributed by atoms with Crippen molar-refractivity contribution in [3.05, 3.63) is 23.9 Å². The zero-order valence-electron chi connectivity index (χ0n) is 10.9. The van der Waals surface area contributed by atoms with Gasteiger partial charge in [0.1, 0.15) is 5.82 Å². The fraction of sp³-hybridized carbons (Fsp3) is 0.462. The fourth-order valence-corrected chi connectivity index (χ4v) is 1.66. The lowest BCUT2D eigenvalue weighted by molar-refractivity contribution is -0.120. The molecule has 1 aromatic rings. The second kappa shape index (κ2) is 6.17. The van der Waals surface area contributed by atoms with Crippen molar-refractivity contribution in [2.24, 2.45) is 0 Å². The number of anilines is 1. The maximum absolute atomic E-state index is 12.0. The number of nitrogens with zero attached hydrogens (tertiary/aromatic N) is 1. The van der Waals surface area contributed by atoms with E-state index in [1.807, 2.05) is 6.92 Å². The van der Waals surface area contributed by atoms with Crippen molar-refractivity contribution in [2.45, 2.75) is 25.8 Å². The Morgan fingerprint density at radius 3 is 2.89 bits per heavy atom. The van der Waals surface area contributed by atoms with Gasteiger partial charge in [-0.05, 0) is 31.9 Å². The Balaban J connectivity index is 1.89. The van der Waals surface area contributed by atoms with E-state index in [2.05, 4.69) is 20.9 Å². The lowest BCUT2D eigenvalue weighted by atomic mass is 10.2. The monoisotopic (exact) mass is 262 g/mol. The van der Waals surface area contributed by atoms with Crippen molar-refractivity contribution in [3.63, 3.8) is 0 Å². The molecule has 6 heteroatoms. The molecule has 1 heterocycles. The van der Waals surface area contributed by atoms with Crippen LogP contribution in [0.5, 0.6) is 0 Å². The minimum absolute atomic E-state index is 0.00417. The van der Waals surface area contributed by atoms with Crippen molar-refractivity contribution < 1.29 is 9.59 Å². The molecular weight excluding hydrogens is 244 g/mol. The van der Waals surface area contributed by atoms with Gasteiger partial charge in [-0.2, -0.15) is 0 Å². The first-order valence-corrected chi connectivity index (χ1v) is 6.47. The van der Waals surface area contributed by atoms with Crippen molar-refractivity contribution in [3.8, 4) is 0 Å². The predicted molar refractivity (Wildman–Crippen MR) is 71.9 cm³/mol. The second-order valence-electron chi connectivity index (χ2n) is 4.45. The molecule has 2 amide bonds. The minimum Gasteiger partial charge on any atom is -0.370 e. The molecule has 1 aliphatic rings. The lowest BCUT2D eigenvalue weighted by Gasteiger charge is -2.09. The summed E-state index contributed by atoms with van der Waals surface area (Å²) in [5.41, 5.74) is 0.448. The molecule has 2 rings (SSSR count). The van der Waals surface area contributed by atoms with Crippen LogP contribution in [-0.4, -0.2) is 35.9 Å². The van der Waals surface area contributed by atoms with Crippen LogP contribution in [0.1, 0.15) is 30.1 Å². The molecule has 1 aliphatic carbocycles. The van der Waals surface area contributed by atoms with E-state index >= 15 is 0 Å². The minimum atomic E-state index is -0.296. The lowest BCUT2D eigenvalue weighted by Crippen LogP contribution is -2.38. The molecule has 0 aromatic carbocycles. The molecule has 0 radical (unpaired) electrons. The summed E-state index contributed by atoms with van der Waals surface area (Å²) in [7, 11) is 0. The summed E-state index contributed by atoms with van der Waals surface area (Å²) in [5, 5.41) is 8.43. The Morgan fingerprint density at radius 1 is 1.42 bits per heavy atom. The maximum Gasteiger partial charge on any atom is 0.255 e. The van der Waals surface area contributed by atoms with Gasteiger partial charge in [0.15, 0.2) is 0 Å². The van der Waals surface area contributed by atoms with Crippen LogP contribution in [0.3, 0.4) is 0 Å². The molecule has 0 spiro atoms. The summed E-state index contributed by atoms with van der Waals surface area (Å²) in [5.74, 6) is 0.0878. The van der Waals surface area contributed by atoms with Gasteiger partial charge in [0.05, 0.1) is 12.1 Å². The summed E-state index contributed by atoms with van der Waals surface area (Å²) in [6.45, 7) is 2.61. The van der Waals surface area contributed by atoms with E-state index in [-0.39, 0.29) is 18.4 Å². The van der Waals surface area contributed by atoms with Gasteiger partial charge >= 0.3 is 0 Å². The number of rotatable bonds is 6. The van der Waals surface area contributed by atoms with Crippen LogP contribution in [0, 0.1) is 0 Å². The van der Waals surface area contributed by atoms with Gasteiger partial charge in [0.2, 0.25) is 5.91 Å². The number of pyridine rings is 1. The number of hydrogen-bond donors (Lipinski definition) is 3. The fourth-order valence-electron chi connectivity index (χ4n) is 1.66. The molecule has 0 atom stereocenters. The summed E-state index contributed by atoms with van der Waals surface area (Å²) in [6.07, 6.45) is 3.69. The number of nitrogens with one attached hydrogen (secondary N) is 3. The average Bonchev–Trinajstić information content (AvgIpc) is 3.21. The molecule has 6 nitrogen and oxygen atoms in total. The number of amides is 2. The van der Waals surface area contributed by atoms with Crippen LogP contribution in [0.4, 0.5) is 5.82 Å². The Labute approximate surface area is 112 Å². The van der Waals surface area contributed by atoms with Crippen LogP contribution < -0.4 is 16.0 Å². The molecule has 0 unspecified atom stereocenters. The van der Waals surface area contributed by atoms with Crippen LogP contribution in [-0.2, 0) is 4.79 Å². The second-order valence-corrected chi connectivity index (χ2v) is 4.45. The van der Waals surface area contributed by atoms with E-state index in [1.165, 1.54) is 0 Å². The molecule has 1 saturated carbocycles. The zero-order valence-corrected chi connectivity index (χ0v) is 10.9. The standard InChI is InChI=1S/C13H18N4O2/c1-2-14-12-10(4-3-7-15-12)13(19)16-8-11(18)17-9-5-6-9/h3-4,7,9H,2,5-6,8H2,1H3,(H,14,15)(H,16,19)(H,17,18). The molecule has 0 bridgehead atoms. The maximum atomic E-state index is 12.0. The zero-order chi connectivity index (χ0) is 13.7.